The quantitative estimate of drug-likeness (QED) is 0.323. The number of hydrogen-bond donors (Lipinski definition) is 1. The van der Waals surface area contributed by atoms with Crippen molar-refractivity contribution in [2.45, 2.75) is 12.8 Å². The van der Waals surface area contributed by atoms with Gasteiger partial charge >= 0.3 is 0 Å². The summed E-state index contributed by atoms with van der Waals surface area (Å²) < 4.78 is 10.7. The number of nitrogens with zero attached hydrogens (tertiary/aromatic N) is 2. The molecule has 0 radical (unpaired) electrons. The van der Waals surface area contributed by atoms with Gasteiger partial charge in [-0.3, -0.25) is 4.99 Å². The Morgan fingerprint density at radius 3 is 2.39 bits per heavy atom. The van der Waals surface area contributed by atoms with Crippen LogP contribution in [-0.2, 0) is 12.8 Å². The molecule has 0 aromatic heterocycles. The second-order valence-electron chi connectivity index (χ2n) is 6.21. The lowest BCUT2D eigenvalue weighted by Crippen LogP contribution is -2.40. The molecule has 2 rings (SSSR count). The molecule has 0 bridgehead atoms. The average molecular weight is 518 g/mol. The van der Waals surface area contributed by atoms with Gasteiger partial charge in [0.15, 0.2) is 17.5 Å². The van der Waals surface area contributed by atoms with Crippen molar-refractivity contribution in [3.8, 4) is 11.5 Å². The van der Waals surface area contributed by atoms with Crippen LogP contribution in [0.3, 0.4) is 0 Å². The van der Waals surface area contributed by atoms with Gasteiger partial charge in [0.05, 0.1) is 14.2 Å². The van der Waals surface area contributed by atoms with E-state index in [0.717, 1.165) is 48.4 Å². The Bertz CT molecular complexity index is 771. The predicted molar refractivity (Wildman–Crippen MR) is 128 cm³/mol. The van der Waals surface area contributed by atoms with Gasteiger partial charge in [0.25, 0.3) is 0 Å². The zero-order valence-corrected chi connectivity index (χ0v) is 20.0. The first-order chi connectivity index (χ1) is 13.1. The highest BCUT2D eigenvalue weighted by molar-refractivity contribution is 14.0. The van der Waals surface area contributed by atoms with Gasteiger partial charge in [-0.2, -0.15) is 0 Å². The van der Waals surface area contributed by atoms with E-state index in [1.165, 1.54) is 11.1 Å². The van der Waals surface area contributed by atoms with Crippen LogP contribution in [0.5, 0.6) is 11.5 Å². The monoisotopic (exact) mass is 517 g/mol. The van der Waals surface area contributed by atoms with E-state index in [1.54, 1.807) is 21.3 Å². The molecule has 0 aliphatic heterocycles. The van der Waals surface area contributed by atoms with Crippen molar-refractivity contribution in [3.63, 3.8) is 0 Å². The molecule has 0 amide bonds. The molecule has 0 atom stereocenters. The normalized spacial score (nSPS) is 10.8. The van der Waals surface area contributed by atoms with Crippen molar-refractivity contribution in [1.29, 1.82) is 0 Å². The minimum absolute atomic E-state index is 0. The lowest BCUT2D eigenvalue weighted by Gasteiger charge is -2.22. The van der Waals surface area contributed by atoms with Crippen LogP contribution in [-0.4, -0.2) is 52.3 Å². The van der Waals surface area contributed by atoms with E-state index < -0.39 is 0 Å². The predicted octanol–water partition coefficient (Wildman–Crippen LogP) is 4.27. The molecule has 2 aromatic rings. The summed E-state index contributed by atoms with van der Waals surface area (Å²) in [6.07, 6.45) is 1.77. The Morgan fingerprint density at radius 2 is 1.75 bits per heavy atom. The molecule has 0 spiro atoms. The standard InChI is InChI=1S/C21H28ClN3O2.HI/c1-23-21(24-12-10-16-6-5-7-18(22)14-16)25(2)13-11-17-8-9-19(26-3)20(15-17)27-4;/h5-9,14-15H,10-13H2,1-4H3,(H,23,24);1H. The number of halogens is 2. The number of hydrogen-bond acceptors (Lipinski definition) is 3. The van der Waals surface area contributed by atoms with Gasteiger partial charge in [-0.25, -0.2) is 0 Å². The Hall–Kier alpha value is -1.67. The summed E-state index contributed by atoms with van der Waals surface area (Å²) in [5, 5.41) is 4.17. The molecule has 0 unspecified atom stereocenters. The van der Waals surface area contributed by atoms with Crippen LogP contribution in [0, 0.1) is 0 Å². The van der Waals surface area contributed by atoms with Gasteiger partial charge in [-0.1, -0.05) is 29.8 Å². The maximum atomic E-state index is 6.03. The van der Waals surface area contributed by atoms with Crippen LogP contribution >= 0.6 is 35.6 Å². The molecule has 0 fully saturated rings. The summed E-state index contributed by atoms with van der Waals surface area (Å²) in [4.78, 5) is 6.49. The number of methoxy groups -OCH3 is 2. The molecule has 0 aliphatic rings. The molecule has 1 N–H and O–H groups in total. The van der Waals surface area contributed by atoms with Crippen molar-refractivity contribution < 1.29 is 9.47 Å². The highest BCUT2D eigenvalue weighted by atomic mass is 127. The minimum Gasteiger partial charge on any atom is -0.493 e. The molecule has 5 nitrogen and oxygen atoms in total. The summed E-state index contributed by atoms with van der Waals surface area (Å²) in [6, 6.07) is 13.9. The van der Waals surface area contributed by atoms with E-state index in [0.29, 0.717) is 0 Å². The Balaban J connectivity index is 0.00000392. The zero-order valence-electron chi connectivity index (χ0n) is 16.9. The van der Waals surface area contributed by atoms with E-state index in [9.17, 15) is 0 Å². The van der Waals surface area contributed by atoms with E-state index >= 15 is 0 Å². The van der Waals surface area contributed by atoms with Gasteiger partial charge in [0, 0.05) is 32.2 Å². The van der Waals surface area contributed by atoms with E-state index in [4.69, 9.17) is 21.1 Å². The fourth-order valence-corrected chi connectivity index (χ4v) is 3.05. The summed E-state index contributed by atoms with van der Waals surface area (Å²) in [6.45, 7) is 1.64. The molecular formula is C21H29ClIN3O2. The number of rotatable bonds is 8. The number of aliphatic imine (C=N–C) groups is 1. The van der Waals surface area contributed by atoms with Crippen molar-refractivity contribution in [3.05, 3.63) is 58.6 Å². The van der Waals surface area contributed by atoms with E-state index in [1.807, 2.05) is 37.4 Å². The van der Waals surface area contributed by atoms with Gasteiger partial charge in [0.1, 0.15) is 0 Å². The Kier molecular flexibility index (Phi) is 11.1. The van der Waals surface area contributed by atoms with Crippen LogP contribution < -0.4 is 14.8 Å². The zero-order chi connectivity index (χ0) is 19.6. The SMILES string of the molecule is CN=C(NCCc1cccc(Cl)c1)N(C)CCc1ccc(OC)c(OC)c1.I. The highest BCUT2D eigenvalue weighted by Crippen LogP contribution is 2.27. The minimum atomic E-state index is 0. The van der Waals surface area contributed by atoms with Crippen LogP contribution in [0.1, 0.15) is 11.1 Å². The molecule has 0 heterocycles. The Labute approximate surface area is 190 Å². The van der Waals surface area contributed by atoms with Gasteiger partial charge < -0.3 is 19.7 Å². The third-order valence-electron chi connectivity index (χ3n) is 4.34. The largest absolute Gasteiger partial charge is 0.493 e. The smallest absolute Gasteiger partial charge is 0.193 e. The van der Waals surface area contributed by atoms with Crippen molar-refractivity contribution in [2.24, 2.45) is 4.99 Å². The number of benzene rings is 2. The lowest BCUT2D eigenvalue weighted by atomic mass is 10.1. The molecule has 0 aliphatic carbocycles. The van der Waals surface area contributed by atoms with Crippen molar-refractivity contribution in [2.75, 3.05) is 41.4 Å². The van der Waals surface area contributed by atoms with Gasteiger partial charge in [-0.15, -0.1) is 24.0 Å². The van der Waals surface area contributed by atoms with Gasteiger partial charge in [0.2, 0.25) is 0 Å². The summed E-state index contributed by atoms with van der Waals surface area (Å²) in [5.41, 5.74) is 2.40. The first kappa shape index (κ1) is 24.4. The summed E-state index contributed by atoms with van der Waals surface area (Å²) in [5.74, 6) is 2.37. The number of nitrogens with one attached hydrogen (secondary N) is 1. The maximum Gasteiger partial charge on any atom is 0.193 e. The van der Waals surface area contributed by atoms with Crippen molar-refractivity contribution in [1.82, 2.24) is 10.2 Å². The molecular weight excluding hydrogens is 489 g/mol. The van der Waals surface area contributed by atoms with Gasteiger partial charge in [-0.05, 0) is 48.2 Å². The van der Waals surface area contributed by atoms with E-state index in [-0.39, 0.29) is 24.0 Å². The molecule has 0 saturated carbocycles. The fraction of sp³-hybridized carbons (Fsp3) is 0.381. The summed E-state index contributed by atoms with van der Waals surface area (Å²) >= 11 is 6.03. The lowest BCUT2D eigenvalue weighted by molar-refractivity contribution is 0.354. The summed E-state index contributed by atoms with van der Waals surface area (Å²) in [7, 11) is 7.13. The number of likely N-dealkylation sites (N-methyl/N-ethyl adjacent to an activating group) is 1. The highest BCUT2D eigenvalue weighted by Gasteiger charge is 2.08. The molecule has 154 valence electrons. The van der Waals surface area contributed by atoms with Crippen LogP contribution in [0.4, 0.5) is 0 Å². The topological polar surface area (TPSA) is 46.1 Å². The maximum absolute atomic E-state index is 6.03. The fourth-order valence-electron chi connectivity index (χ4n) is 2.83. The van der Waals surface area contributed by atoms with Crippen LogP contribution in [0.2, 0.25) is 5.02 Å². The second kappa shape index (κ2) is 12.7. The molecule has 28 heavy (non-hydrogen) atoms. The molecule has 0 saturated heterocycles. The first-order valence-corrected chi connectivity index (χ1v) is 9.32. The molecule has 2 aromatic carbocycles. The number of ether oxygens (including phenoxy) is 2. The first-order valence-electron chi connectivity index (χ1n) is 8.94. The van der Waals surface area contributed by atoms with E-state index in [2.05, 4.69) is 27.3 Å². The Morgan fingerprint density at radius 1 is 1.04 bits per heavy atom. The second-order valence-corrected chi connectivity index (χ2v) is 6.65. The van der Waals surface area contributed by atoms with Crippen LogP contribution in [0.15, 0.2) is 47.5 Å². The third kappa shape index (κ3) is 7.39. The van der Waals surface area contributed by atoms with Crippen molar-refractivity contribution >= 4 is 41.5 Å². The number of guanidine groups is 1. The molecule has 7 heteroatoms. The third-order valence-corrected chi connectivity index (χ3v) is 4.58. The van der Waals surface area contributed by atoms with Crippen LogP contribution in [0.25, 0.3) is 0 Å². The average Bonchev–Trinajstić information content (AvgIpc) is 2.69.